The number of halogens is 1. The number of ketones is 1. The smallest absolute Gasteiger partial charge is 0.336 e. The molecule has 188 valence electrons. The number of allylic oxidation sites excluding steroid dienone is 2. The number of benzene rings is 3. The Bertz CT molecular complexity index is 1490. The second-order valence-corrected chi connectivity index (χ2v) is 10.2. The van der Waals surface area contributed by atoms with Gasteiger partial charge >= 0.3 is 5.97 Å². The Morgan fingerprint density at radius 2 is 1.70 bits per heavy atom. The molecule has 5 rings (SSSR count). The Balaban J connectivity index is 1.60. The maximum Gasteiger partial charge on any atom is 0.336 e. The number of ether oxygens (including phenoxy) is 3. The number of fused-ring (bicyclic) bond motifs is 2. The van der Waals surface area contributed by atoms with Gasteiger partial charge in [-0.3, -0.25) is 4.79 Å². The maximum atomic E-state index is 13.6. The summed E-state index contributed by atoms with van der Waals surface area (Å²) in [6.07, 6.45) is 0. The topological polar surface area (TPSA) is 73.9 Å². The second kappa shape index (κ2) is 10.0. The van der Waals surface area contributed by atoms with Crippen LogP contribution in [-0.2, 0) is 16.1 Å². The lowest BCUT2D eigenvalue weighted by Crippen LogP contribution is -2.29. The van der Waals surface area contributed by atoms with Crippen LogP contribution in [-0.4, -0.2) is 26.0 Å². The third-order valence-corrected chi connectivity index (χ3v) is 7.54. The monoisotopic (exact) mass is 607 g/mol. The minimum absolute atomic E-state index is 0.106. The number of hydrogen-bond donors (Lipinski definition) is 1. The van der Waals surface area contributed by atoms with Crippen molar-refractivity contribution in [2.24, 2.45) is 0 Å². The van der Waals surface area contributed by atoms with E-state index in [0.29, 0.717) is 40.5 Å². The van der Waals surface area contributed by atoms with E-state index in [1.54, 1.807) is 7.11 Å². The molecule has 1 aliphatic heterocycles. The van der Waals surface area contributed by atoms with Gasteiger partial charge in [0.2, 0.25) is 0 Å². The quantitative estimate of drug-likeness (QED) is 0.277. The van der Waals surface area contributed by atoms with Gasteiger partial charge in [0.15, 0.2) is 17.3 Å². The molecule has 0 unspecified atom stereocenters. The van der Waals surface area contributed by atoms with Gasteiger partial charge in [-0.05, 0) is 59.7 Å². The molecular formula is C30H26INO5. The summed E-state index contributed by atoms with van der Waals surface area (Å²) in [7, 11) is 2.93. The van der Waals surface area contributed by atoms with Crippen molar-refractivity contribution in [2.45, 2.75) is 26.4 Å². The molecule has 0 fully saturated rings. The molecule has 37 heavy (non-hydrogen) atoms. The van der Waals surface area contributed by atoms with Gasteiger partial charge in [0.1, 0.15) is 6.61 Å². The molecule has 0 bridgehead atoms. The number of carbonyl (C=O) groups is 2. The highest BCUT2D eigenvalue weighted by Crippen LogP contribution is 2.48. The lowest BCUT2D eigenvalue weighted by molar-refractivity contribution is -0.136. The highest BCUT2D eigenvalue weighted by Gasteiger charge is 2.43. The van der Waals surface area contributed by atoms with Crippen molar-refractivity contribution in [3.63, 3.8) is 0 Å². The van der Waals surface area contributed by atoms with Crippen molar-refractivity contribution in [3.8, 4) is 11.5 Å². The zero-order chi connectivity index (χ0) is 26.3. The van der Waals surface area contributed by atoms with E-state index < -0.39 is 11.9 Å². The molecule has 1 atom stereocenters. The van der Waals surface area contributed by atoms with Gasteiger partial charge in [-0.1, -0.05) is 54.1 Å². The van der Waals surface area contributed by atoms with Gasteiger partial charge in [0.05, 0.1) is 29.1 Å². The Morgan fingerprint density at radius 1 is 1.00 bits per heavy atom. The van der Waals surface area contributed by atoms with E-state index in [9.17, 15) is 9.59 Å². The Kier molecular flexibility index (Phi) is 6.81. The van der Waals surface area contributed by atoms with Gasteiger partial charge in [-0.15, -0.1) is 0 Å². The number of dihydropyridines is 1. The minimum Gasteiger partial charge on any atom is -0.493 e. The summed E-state index contributed by atoms with van der Waals surface area (Å²) in [6, 6.07) is 19.4. The fourth-order valence-electron chi connectivity index (χ4n) is 4.93. The number of nitrogens with one attached hydrogen (secondary N) is 1. The second-order valence-electron chi connectivity index (χ2n) is 9.06. The van der Waals surface area contributed by atoms with E-state index in [4.69, 9.17) is 14.2 Å². The van der Waals surface area contributed by atoms with Gasteiger partial charge in [0, 0.05) is 28.3 Å². The van der Waals surface area contributed by atoms with E-state index in [1.165, 1.54) is 12.7 Å². The minimum atomic E-state index is -0.628. The first-order valence-corrected chi connectivity index (χ1v) is 12.9. The summed E-state index contributed by atoms with van der Waals surface area (Å²) < 4.78 is 17.9. The molecule has 0 amide bonds. The zero-order valence-corrected chi connectivity index (χ0v) is 23.1. The van der Waals surface area contributed by atoms with E-state index in [-0.39, 0.29) is 5.78 Å². The molecule has 0 aromatic heterocycles. The summed E-state index contributed by atoms with van der Waals surface area (Å²) in [5.74, 6) is -0.0849. The summed E-state index contributed by atoms with van der Waals surface area (Å²) in [5, 5.41) is 3.31. The molecule has 3 aromatic rings. The highest BCUT2D eigenvalue weighted by atomic mass is 127. The normalized spacial score (nSPS) is 16.2. The maximum absolute atomic E-state index is 13.6. The first-order valence-electron chi connectivity index (χ1n) is 11.8. The highest BCUT2D eigenvalue weighted by molar-refractivity contribution is 14.1. The van der Waals surface area contributed by atoms with Crippen molar-refractivity contribution in [1.29, 1.82) is 0 Å². The lowest BCUT2D eigenvalue weighted by Gasteiger charge is -2.29. The molecule has 7 heteroatoms. The molecule has 6 nitrogen and oxygen atoms in total. The zero-order valence-electron chi connectivity index (χ0n) is 21.0. The van der Waals surface area contributed by atoms with Crippen LogP contribution < -0.4 is 14.8 Å². The predicted molar refractivity (Wildman–Crippen MR) is 150 cm³/mol. The first-order chi connectivity index (χ1) is 17.8. The Hall–Kier alpha value is -3.59. The SMILES string of the molecule is COC(=O)C1=C(C)NC2=C(C(=O)c3ccccc32)[C@H]1c1cc(I)c(OCc2ccc(C)cc2)c(OC)c1. The van der Waals surface area contributed by atoms with Gasteiger partial charge in [-0.2, -0.15) is 0 Å². The fourth-order valence-corrected chi connectivity index (χ4v) is 5.71. The van der Waals surface area contributed by atoms with Crippen molar-refractivity contribution in [2.75, 3.05) is 14.2 Å². The van der Waals surface area contributed by atoms with E-state index in [0.717, 1.165) is 26.0 Å². The molecule has 0 saturated carbocycles. The number of esters is 1. The van der Waals surface area contributed by atoms with Crippen LogP contribution in [0.3, 0.4) is 0 Å². The molecular weight excluding hydrogens is 581 g/mol. The van der Waals surface area contributed by atoms with Crippen LogP contribution >= 0.6 is 22.6 Å². The number of rotatable bonds is 6. The van der Waals surface area contributed by atoms with Crippen molar-refractivity contribution in [3.05, 3.63) is 109 Å². The third-order valence-electron chi connectivity index (χ3n) is 6.74. The Labute approximate surface area is 229 Å². The number of aryl methyl sites for hydroxylation is 1. The average molecular weight is 607 g/mol. The van der Waals surface area contributed by atoms with Gasteiger partial charge in [-0.25, -0.2) is 4.79 Å². The summed E-state index contributed by atoms with van der Waals surface area (Å²) in [6.45, 7) is 4.26. The molecule has 0 saturated heterocycles. The first kappa shape index (κ1) is 25.1. The molecule has 0 spiro atoms. The third kappa shape index (κ3) is 4.41. The van der Waals surface area contributed by atoms with Crippen molar-refractivity contribution >= 4 is 40.0 Å². The van der Waals surface area contributed by atoms with E-state index >= 15 is 0 Å². The number of hydrogen-bond acceptors (Lipinski definition) is 6. The van der Waals surface area contributed by atoms with Crippen LogP contribution in [0, 0.1) is 10.5 Å². The number of Topliss-reactive ketones (excluding diaryl/α,β-unsaturated/α-hetero) is 1. The van der Waals surface area contributed by atoms with Crippen LogP contribution in [0.5, 0.6) is 11.5 Å². The molecule has 0 radical (unpaired) electrons. The fraction of sp³-hybridized carbons (Fsp3) is 0.200. The van der Waals surface area contributed by atoms with Crippen molar-refractivity contribution in [1.82, 2.24) is 5.32 Å². The lowest BCUT2D eigenvalue weighted by atomic mass is 9.79. The van der Waals surface area contributed by atoms with Crippen LogP contribution in [0.4, 0.5) is 0 Å². The molecule has 1 heterocycles. The summed E-state index contributed by atoms with van der Waals surface area (Å²) >= 11 is 2.21. The van der Waals surface area contributed by atoms with Crippen molar-refractivity contribution < 1.29 is 23.8 Å². The largest absolute Gasteiger partial charge is 0.493 e. The van der Waals surface area contributed by atoms with E-state index in [1.807, 2.05) is 74.5 Å². The average Bonchev–Trinajstić information content (AvgIpc) is 3.18. The van der Waals surface area contributed by atoms with Gasteiger partial charge < -0.3 is 19.5 Å². The molecule has 1 aliphatic carbocycles. The summed E-state index contributed by atoms with van der Waals surface area (Å²) in [5.41, 5.74) is 6.72. The van der Waals surface area contributed by atoms with Gasteiger partial charge in [0.25, 0.3) is 0 Å². The number of carbonyl (C=O) groups excluding carboxylic acids is 2. The molecule has 2 aliphatic rings. The van der Waals surface area contributed by atoms with Crippen LogP contribution in [0.15, 0.2) is 77.5 Å². The predicted octanol–water partition coefficient (Wildman–Crippen LogP) is 5.93. The summed E-state index contributed by atoms with van der Waals surface area (Å²) in [4.78, 5) is 26.6. The van der Waals surface area contributed by atoms with Crippen LogP contribution in [0.25, 0.3) is 5.70 Å². The van der Waals surface area contributed by atoms with E-state index in [2.05, 4.69) is 27.9 Å². The standard InChI is InChI=1S/C30H26INO5/c1-16-9-11-18(12-10-16)15-37-29-22(31)13-19(14-23(29)35-3)25-24(30(34)36-4)17(2)32-27-20-7-5-6-8-21(20)28(33)26(25)27/h5-14,25,32H,15H2,1-4H3/t25-/m0/s1. The number of methoxy groups -OCH3 is 2. The molecule has 1 N–H and O–H groups in total. The van der Waals surface area contributed by atoms with Crippen LogP contribution in [0.2, 0.25) is 0 Å². The molecule has 3 aromatic carbocycles. The van der Waals surface area contributed by atoms with Crippen LogP contribution in [0.1, 0.15) is 45.5 Å². The Morgan fingerprint density at radius 3 is 2.38 bits per heavy atom.